The number of hydrogen-bond donors (Lipinski definition) is 1. The molecule has 1 aliphatic rings. The number of hydrogen-bond acceptors (Lipinski definition) is 3. The summed E-state index contributed by atoms with van der Waals surface area (Å²) in [6.45, 7) is 11.4. The van der Waals surface area contributed by atoms with Gasteiger partial charge in [0.15, 0.2) is 0 Å². The molecule has 4 nitrogen and oxygen atoms in total. The number of amides is 1. The Labute approximate surface area is 111 Å². The Morgan fingerprint density at radius 1 is 1.33 bits per heavy atom. The maximum absolute atomic E-state index is 12.6. The van der Waals surface area contributed by atoms with Gasteiger partial charge in [0.1, 0.15) is 0 Å². The van der Waals surface area contributed by atoms with Gasteiger partial charge in [0.2, 0.25) is 5.91 Å². The maximum atomic E-state index is 12.6. The van der Waals surface area contributed by atoms with Crippen molar-refractivity contribution >= 4 is 5.91 Å². The first-order valence-corrected chi connectivity index (χ1v) is 7.23. The zero-order chi connectivity index (χ0) is 13.5. The van der Waals surface area contributed by atoms with Crippen LogP contribution in [-0.4, -0.2) is 49.2 Å². The van der Waals surface area contributed by atoms with Crippen molar-refractivity contribution in [2.75, 3.05) is 26.3 Å². The molecule has 4 heteroatoms. The lowest BCUT2D eigenvalue weighted by Crippen LogP contribution is -2.48. The van der Waals surface area contributed by atoms with Crippen molar-refractivity contribution in [2.24, 2.45) is 5.92 Å². The minimum Gasteiger partial charge on any atom is -0.379 e. The lowest BCUT2D eigenvalue weighted by Gasteiger charge is -2.30. The van der Waals surface area contributed by atoms with Crippen molar-refractivity contribution in [1.82, 2.24) is 10.2 Å². The van der Waals surface area contributed by atoms with Crippen LogP contribution in [0.4, 0.5) is 0 Å². The highest BCUT2D eigenvalue weighted by molar-refractivity contribution is 5.80. The molecule has 0 aromatic rings. The van der Waals surface area contributed by atoms with Crippen LogP contribution >= 0.6 is 0 Å². The Bertz CT molecular complexity index is 256. The van der Waals surface area contributed by atoms with Crippen LogP contribution < -0.4 is 5.32 Å². The number of rotatable bonds is 7. The third-order valence-corrected chi connectivity index (χ3v) is 3.43. The minimum atomic E-state index is -0.00880. The summed E-state index contributed by atoms with van der Waals surface area (Å²) in [6.07, 6.45) is 2.09. The average Bonchev–Trinajstić information content (AvgIpc) is 2.80. The summed E-state index contributed by atoms with van der Waals surface area (Å²) in [5, 5.41) is 3.43. The second-order valence-electron chi connectivity index (χ2n) is 5.33. The molecule has 0 aliphatic carbocycles. The molecule has 1 amide bonds. The Hall–Kier alpha value is -0.610. The summed E-state index contributed by atoms with van der Waals surface area (Å²) < 4.78 is 5.49. The van der Waals surface area contributed by atoms with E-state index < -0.39 is 0 Å². The molecule has 1 heterocycles. The van der Waals surface area contributed by atoms with Crippen molar-refractivity contribution in [3.05, 3.63) is 0 Å². The van der Waals surface area contributed by atoms with Crippen molar-refractivity contribution < 1.29 is 9.53 Å². The predicted molar refractivity (Wildman–Crippen MR) is 73.5 cm³/mol. The van der Waals surface area contributed by atoms with Crippen molar-refractivity contribution in [3.63, 3.8) is 0 Å². The zero-order valence-electron chi connectivity index (χ0n) is 12.2. The highest BCUT2D eigenvalue weighted by atomic mass is 16.5. The third kappa shape index (κ3) is 3.95. The predicted octanol–water partition coefficient (Wildman–Crippen LogP) is 1.65. The molecule has 106 valence electrons. The van der Waals surface area contributed by atoms with E-state index in [9.17, 15) is 4.79 Å². The first kappa shape index (κ1) is 15.4. The normalized spacial score (nSPS) is 23.6. The van der Waals surface area contributed by atoms with Crippen LogP contribution in [0, 0.1) is 5.92 Å². The van der Waals surface area contributed by atoms with E-state index in [4.69, 9.17) is 4.74 Å². The molecule has 1 rings (SSSR count). The summed E-state index contributed by atoms with van der Waals surface area (Å²) in [7, 11) is 0. The minimum absolute atomic E-state index is 0.00880. The van der Waals surface area contributed by atoms with Gasteiger partial charge >= 0.3 is 0 Å². The molecule has 1 N–H and O–H groups in total. The van der Waals surface area contributed by atoms with Crippen LogP contribution in [0.25, 0.3) is 0 Å². The zero-order valence-corrected chi connectivity index (χ0v) is 12.2. The number of ether oxygens (including phenoxy) is 1. The molecule has 0 radical (unpaired) electrons. The van der Waals surface area contributed by atoms with Gasteiger partial charge in [-0.2, -0.15) is 0 Å². The van der Waals surface area contributed by atoms with Crippen LogP contribution in [0.3, 0.4) is 0 Å². The standard InChI is InChI=1S/C14H28N2O2/c1-5-7-15-13-10-18-9-12(13)14(17)16(8-6-2)11(3)4/h11-13,15H,5-10H2,1-4H3. The highest BCUT2D eigenvalue weighted by Gasteiger charge is 2.36. The second kappa shape index (κ2) is 7.74. The monoisotopic (exact) mass is 256 g/mol. The summed E-state index contributed by atoms with van der Waals surface area (Å²) in [6, 6.07) is 0.459. The van der Waals surface area contributed by atoms with Gasteiger partial charge in [0.05, 0.1) is 19.1 Å². The fourth-order valence-electron chi connectivity index (χ4n) is 2.41. The topological polar surface area (TPSA) is 41.6 Å². The van der Waals surface area contributed by atoms with Crippen LogP contribution in [0.2, 0.25) is 0 Å². The molecule has 0 aromatic heterocycles. The molecule has 1 fully saturated rings. The Balaban J connectivity index is 2.62. The van der Waals surface area contributed by atoms with Crippen LogP contribution in [0.1, 0.15) is 40.5 Å². The molecule has 0 aromatic carbocycles. The lowest BCUT2D eigenvalue weighted by molar-refractivity contribution is -0.137. The van der Waals surface area contributed by atoms with Gasteiger partial charge in [-0.15, -0.1) is 0 Å². The van der Waals surface area contributed by atoms with Gasteiger partial charge in [-0.05, 0) is 33.2 Å². The largest absolute Gasteiger partial charge is 0.379 e. The number of carbonyl (C=O) groups is 1. The van der Waals surface area contributed by atoms with E-state index in [1.165, 1.54) is 0 Å². The van der Waals surface area contributed by atoms with E-state index in [1.54, 1.807) is 0 Å². The number of nitrogens with one attached hydrogen (secondary N) is 1. The summed E-state index contributed by atoms with van der Waals surface area (Å²) in [4.78, 5) is 14.5. The first-order chi connectivity index (χ1) is 8.61. The van der Waals surface area contributed by atoms with E-state index >= 15 is 0 Å². The highest BCUT2D eigenvalue weighted by Crippen LogP contribution is 2.18. The molecule has 0 spiro atoms. The van der Waals surface area contributed by atoms with Crippen LogP contribution in [0.5, 0.6) is 0 Å². The molecule has 1 saturated heterocycles. The molecule has 2 atom stereocenters. The van der Waals surface area contributed by atoms with Gasteiger partial charge in [0.25, 0.3) is 0 Å². The second-order valence-corrected chi connectivity index (χ2v) is 5.33. The van der Waals surface area contributed by atoms with E-state index in [0.29, 0.717) is 13.2 Å². The number of carbonyl (C=O) groups excluding carboxylic acids is 1. The SMILES string of the molecule is CCCNC1COCC1C(=O)N(CCC)C(C)C. The molecular weight excluding hydrogens is 228 g/mol. The third-order valence-electron chi connectivity index (χ3n) is 3.43. The maximum Gasteiger partial charge on any atom is 0.229 e. The summed E-state index contributed by atoms with van der Waals surface area (Å²) in [5.41, 5.74) is 0. The van der Waals surface area contributed by atoms with Gasteiger partial charge in [-0.3, -0.25) is 4.79 Å². The Morgan fingerprint density at radius 2 is 2.06 bits per heavy atom. The molecule has 0 bridgehead atoms. The van der Waals surface area contributed by atoms with Crippen molar-refractivity contribution in [1.29, 1.82) is 0 Å². The van der Waals surface area contributed by atoms with E-state index in [1.807, 2.05) is 4.90 Å². The van der Waals surface area contributed by atoms with E-state index in [-0.39, 0.29) is 23.9 Å². The smallest absolute Gasteiger partial charge is 0.229 e. The average molecular weight is 256 g/mol. The van der Waals surface area contributed by atoms with Crippen molar-refractivity contribution in [2.45, 2.75) is 52.6 Å². The van der Waals surface area contributed by atoms with Crippen molar-refractivity contribution in [3.8, 4) is 0 Å². The van der Waals surface area contributed by atoms with Crippen LogP contribution in [-0.2, 0) is 9.53 Å². The molecular formula is C14H28N2O2. The molecule has 1 aliphatic heterocycles. The van der Waals surface area contributed by atoms with Gasteiger partial charge in [0, 0.05) is 18.6 Å². The fourth-order valence-corrected chi connectivity index (χ4v) is 2.41. The lowest BCUT2D eigenvalue weighted by atomic mass is 10.0. The molecule has 0 saturated carbocycles. The van der Waals surface area contributed by atoms with Gasteiger partial charge in [-0.25, -0.2) is 0 Å². The van der Waals surface area contributed by atoms with E-state index in [2.05, 4.69) is 33.0 Å². The molecule has 18 heavy (non-hydrogen) atoms. The molecule has 2 unspecified atom stereocenters. The Kier molecular flexibility index (Phi) is 6.65. The quantitative estimate of drug-likeness (QED) is 0.753. The summed E-state index contributed by atoms with van der Waals surface area (Å²) in [5.74, 6) is 0.239. The first-order valence-electron chi connectivity index (χ1n) is 7.23. The van der Waals surface area contributed by atoms with Gasteiger partial charge < -0.3 is 15.0 Å². The number of nitrogens with zero attached hydrogens (tertiary/aromatic N) is 1. The van der Waals surface area contributed by atoms with Crippen LogP contribution in [0.15, 0.2) is 0 Å². The fraction of sp³-hybridized carbons (Fsp3) is 0.929. The summed E-state index contributed by atoms with van der Waals surface area (Å²) >= 11 is 0. The Morgan fingerprint density at radius 3 is 2.61 bits per heavy atom. The van der Waals surface area contributed by atoms with E-state index in [0.717, 1.165) is 25.9 Å². The van der Waals surface area contributed by atoms with Gasteiger partial charge in [-0.1, -0.05) is 13.8 Å².